The number of benzene rings is 1. The first-order chi connectivity index (χ1) is 10.7. The Hall–Kier alpha value is -1.51. The lowest BCUT2D eigenvalue weighted by molar-refractivity contribution is -0.140. The maximum Gasteiger partial charge on any atom is 0.305 e. The van der Waals surface area contributed by atoms with E-state index in [-0.39, 0.29) is 37.0 Å². The van der Waals surface area contributed by atoms with Gasteiger partial charge in [0.25, 0.3) is 0 Å². The van der Waals surface area contributed by atoms with Crippen LogP contribution < -0.4 is 4.72 Å². The summed E-state index contributed by atoms with van der Waals surface area (Å²) in [6.45, 7) is 0.122. The Kier molecular flexibility index (Phi) is 7.60. The zero-order valence-corrected chi connectivity index (χ0v) is 14.4. The van der Waals surface area contributed by atoms with E-state index in [0.29, 0.717) is 5.56 Å². The minimum Gasteiger partial charge on any atom is -0.469 e. The zero-order valence-electron chi connectivity index (χ0n) is 13.6. The van der Waals surface area contributed by atoms with Crippen molar-refractivity contribution in [1.29, 1.82) is 0 Å². The first kappa shape index (κ1) is 19.5. The molecule has 0 aliphatic rings. The summed E-state index contributed by atoms with van der Waals surface area (Å²) in [5.74, 6) is -0.966. The van der Waals surface area contributed by atoms with Gasteiger partial charge in [-0.05, 0) is 38.2 Å². The smallest absolute Gasteiger partial charge is 0.305 e. The predicted octanol–water partition coefficient (Wildman–Crippen LogP) is 1.30. The van der Waals surface area contributed by atoms with Gasteiger partial charge in [-0.3, -0.25) is 4.79 Å². The largest absolute Gasteiger partial charge is 0.469 e. The van der Waals surface area contributed by atoms with Gasteiger partial charge in [-0.15, -0.1) is 0 Å². The SMILES string of the molecule is COC(=O)CCCS(=O)(=O)NC[C@@H](c1cccc(F)c1)N(C)C. The van der Waals surface area contributed by atoms with Crippen molar-refractivity contribution in [3.63, 3.8) is 0 Å². The van der Waals surface area contributed by atoms with Crippen LogP contribution in [0.25, 0.3) is 0 Å². The number of nitrogens with one attached hydrogen (secondary N) is 1. The number of rotatable bonds is 9. The molecule has 1 aromatic rings. The fourth-order valence-electron chi connectivity index (χ4n) is 2.10. The first-order valence-electron chi connectivity index (χ1n) is 7.21. The van der Waals surface area contributed by atoms with Crippen LogP contribution in [0.5, 0.6) is 0 Å². The van der Waals surface area contributed by atoms with E-state index in [1.807, 2.05) is 4.90 Å². The highest BCUT2D eigenvalue weighted by Gasteiger charge is 2.19. The van der Waals surface area contributed by atoms with E-state index in [4.69, 9.17) is 0 Å². The van der Waals surface area contributed by atoms with Gasteiger partial charge >= 0.3 is 5.97 Å². The summed E-state index contributed by atoms with van der Waals surface area (Å²) in [4.78, 5) is 12.8. The van der Waals surface area contributed by atoms with Gasteiger partial charge in [0.2, 0.25) is 10.0 Å². The maximum absolute atomic E-state index is 13.3. The van der Waals surface area contributed by atoms with Crippen LogP contribution >= 0.6 is 0 Å². The number of carbonyl (C=O) groups excluding carboxylic acids is 1. The third-order valence-corrected chi connectivity index (χ3v) is 4.81. The second kappa shape index (κ2) is 8.95. The van der Waals surface area contributed by atoms with Crippen LogP contribution in [0.4, 0.5) is 4.39 Å². The molecule has 0 bridgehead atoms. The Morgan fingerprint density at radius 1 is 1.39 bits per heavy atom. The van der Waals surface area contributed by atoms with Crippen molar-refractivity contribution in [2.24, 2.45) is 0 Å². The summed E-state index contributed by atoms with van der Waals surface area (Å²) in [7, 11) is 1.33. The normalized spacial score (nSPS) is 13.1. The Labute approximate surface area is 136 Å². The van der Waals surface area contributed by atoms with Crippen LogP contribution in [0.3, 0.4) is 0 Å². The van der Waals surface area contributed by atoms with Crippen LogP contribution in [-0.4, -0.2) is 52.8 Å². The van der Waals surface area contributed by atoms with E-state index < -0.39 is 16.0 Å². The highest BCUT2D eigenvalue weighted by molar-refractivity contribution is 7.89. The number of methoxy groups -OCH3 is 1. The molecule has 0 unspecified atom stereocenters. The van der Waals surface area contributed by atoms with Crippen molar-refractivity contribution in [2.75, 3.05) is 33.5 Å². The predicted molar refractivity (Wildman–Crippen MR) is 85.9 cm³/mol. The highest BCUT2D eigenvalue weighted by Crippen LogP contribution is 2.18. The summed E-state index contributed by atoms with van der Waals surface area (Å²) in [6.07, 6.45) is 0.243. The van der Waals surface area contributed by atoms with Crippen molar-refractivity contribution < 1.29 is 22.3 Å². The third kappa shape index (κ3) is 7.06. The number of nitrogens with zero attached hydrogens (tertiary/aromatic N) is 1. The van der Waals surface area contributed by atoms with Gasteiger partial charge in [0.15, 0.2) is 0 Å². The molecular weight excluding hydrogens is 323 g/mol. The number of carbonyl (C=O) groups is 1. The molecule has 0 aromatic heterocycles. The third-order valence-electron chi connectivity index (χ3n) is 3.38. The molecule has 0 fully saturated rings. The molecular formula is C15H23FN2O4S. The number of halogens is 1. The molecule has 0 radical (unpaired) electrons. The van der Waals surface area contributed by atoms with Crippen LogP contribution in [0.1, 0.15) is 24.4 Å². The van der Waals surface area contributed by atoms with Gasteiger partial charge in [-0.1, -0.05) is 12.1 Å². The zero-order chi connectivity index (χ0) is 17.5. The molecule has 1 atom stereocenters. The molecule has 1 rings (SSSR count). The average molecular weight is 346 g/mol. The molecule has 130 valence electrons. The van der Waals surface area contributed by atoms with Crippen molar-refractivity contribution in [3.05, 3.63) is 35.6 Å². The van der Waals surface area contributed by atoms with E-state index in [1.165, 1.54) is 19.2 Å². The molecule has 0 heterocycles. The summed E-state index contributed by atoms with van der Waals surface area (Å²) in [5.41, 5.74) is 0.687. The number of hydrogen-bond acceptors (Lipinski definition) is 5. The second-order valence-electron chi connectivity index (χ2n) is 5.38. The van der Waals surface area contributed by atoms with E-state index in [1.54, 1.807) is 26.2 Å². The lowest BCUT2D eigenvalue weighted by Gasteiger charge is -2.25. The van der Waals surface area contributed by atoms with Gasteiger partial charge in [-0.2, -0.15) is 0 Å². The van der Waals surface area contributed by atoms with Gasteiger partial charge in [0, 0.05) is 19.0 Å². The van der Waals surface area contributed by atoms with Crippen molar-refractivity contribution in [1.82, 2.24) is 9.62 Å². The molecule has 0 amide bonds. The van der Waals surface area contributed by atoms with Crippen LogP contribution in [0.2, 0.25) is 0 Å². The molecule has 1 aromatic carbocycles. The minimum absolute atomic E-state index is 0.0540. The van der Waals surface area contributed by atoms with E-state index in [9.17, 15) is 17.6 Å². The van der Waals surface area contributed by atoms with E-state index in [0.717, 1.165) is 0 Å². The summed E-state index contributed by atoms with van der Waals surface area (Å²) in [5, 5.41) is 0. The van der Waals surface area contributed by atoms with Crippen LogP contribution in [0, 0.1) is 5.82 Å². The van der Waals surface area contributed by atoms with Gasteiger partial charge in [-0.25, -0.2) is 17.5 Å². The molecule has 0 saturated carbocycles. The van der Waals surface area contributed by atoms with Crippen molar-refractivity contribution >= 4 is 16.0 Å². The molecule has 0 saturated heterocycles. The Balaban J connectivity index is 2.63. The minimum atomic E-state index is -3.51. The van der Waals surface area contributed by atoms with E-state index >= 15 is 0 Å². The molecule has 0 spiro atoms. The Morgan fingerprint density at radius 3 is 2.65 bits per heavy atom. The topological polar surface area (TPSA) is 75.7 Å². The second-order valence-corrected chi connectivity index (χ2v) is 7.31. The number of ether oxygens (including phenoxy) is 1. The average Bonchev–Trinajstić information content (AvgIpc) is 2.46. The van der Waals surface area contributed by atoms with Crippen LogP contribution in [-0.2, 0) is 19.6 Å². The lowest BCUT2D eigenvalue weighted by atomic mass is 10.1. The Morgan fingerprint density at radius 2 is 2.09 bits per heavy atom. The number of esters is 1. The van der Waals surface area contributed by atoms with Crippen molar-refractivity contribution in [3.8, 4) is 0 Å². The van der Waals surface area contributed by atoms with Crippen molar-refractivity contribution in [2.45, 2.75) is 18.9 Å². The quantitative estimate of drug-likeness (QED) is 0.682. The monoisotopic (exact) mass is 346 g/mol. The number of sulfonamides is 1. The summed E-state index contributed by atoms with van der Waals surface area (Å²) < 4.78 is 44.3. The summed E-state index contributed by atoms with van der Waals surface area (Å²) >= 11 is 0. The first-order valence-corrected chi connectivity index (χ1v) is 8.86. The van der Waals surface area contributed by atoms with Crippen LogP contribution in [0.15, 0.2) is 24.3 Å². The standard InChI is InChI=1S/C15H23FN2O4S/c1-18(2)14(12-6-4-7-13(16)10-12)11-17-23(20,21)9-5-8-15(19)22-3/h4,6-7,10,14,17H,5,8-9,11H2,1-3H3/t14-/m0/s1. The fourth-order valence-corrected chi connectivity index (χ4v) is 3.18. The summed E-state index contributed by atoms with van der Waals surface area (Å²) in [6, 6.07) is 5.77. The molecule has 1 N–H and O–H groups in total. The maximum atomic E-state index is 13.3. The van der Waals surface area contributed by atoms with Gasteiger partial charge < -0.3 is 9.64 Å². The van der Waals surface area contributed by atoms with Gasteiger partial charge in [0.1, 0.15) is 5.82 Å². The molecule has 0 aliphatic heterocycles. The van der Waals surface area contributed by atoms with Gasteiger partial charge in [0.05, 0.1) is 12.9 Å². The molecule has 23 heavy (non-hydrogen) atoms. The van der Waals surface area contributed by atoms with E-state index in [2.05, 4.69) is 9.46 Å². The number of hydrogen-bond donors (Lipinski definition) is 1. The molecule has 6 nitrogen and oxygen atoms in total. The lowest BCUT2D eigenvalue weighted by Crippen LogP contribution is -2.35. The molecule has 0 aliphatic carbocycles. The Bertz CT molecular complexity index is 620. The number of likely N-dealkylation sites (N-methyl/N-ethyl adjacent to an activating group) is 1. The fraction of sp³-hybridized carbons (Fsp3) is 0.533. The molecule has 8 heteroatoms. The highest BCUT2D eigenvalue weighted by atomic mass is 32.2.